The molecule has 0 radical (unpaired) electrons. The van der Waals surface area contributed by atoms with Crippen molar-refractivity contribution in [3.05, 3.63) is 52.3 Å². The molecule has 2 heterocycles. The van der Waals surface area contributed by atoms with Crippen LogP contribution in [0.3, 0.4) is 0 Å². The van der Waals surface area contributed by atoms with Crippen molar-refractivity contribution in [2.45, 2.75) is 18.9 Å². The molecule has 1 aliphatic rings. The topological polar surface area (TPSA) is 75.4 Å². The Morgan fingerprint density at radius 2 is 1.96 bits per heavy atom. The maximum absolute atomic E-state index is 12.5. The Kier molecular flexibility index (Phi) is 4.47. The van der Waals surface area contributed by atoms with E-state index < -0.39 is 5.97 Å². The molecule has 1 saturated heterocycles. The third kappa shape index (κ3) is 3.44. The summed E-state index contributed by atoms with van der Waals surface area (Å²) in [4.78, 5) is 25.2. The van der Waals surface area contributed by atoms with Crippen LogP contribution in [0.25, 0.3) is 0 Å². The van der Waals surface area contributed by atoms with Crippen LogP contribution in [0.2, 0.25) is 0 Å². The van der Waals surface area contributed by atoms with Crippen molar-refractivity contribution in [1.82, 2.24) is 14.7 Å². The Labute approximate surface area is 141 Å². The fraction of sp³-hybridized carbons (Fsp3) is 0.312. The summed E-state index contributed by atoms with van der Waals surface area (Å²) < 4.78 is 2.58. The number of halogens is 1. The highest BCUT2D eigenvalue weighted by Gasteiger charge is 2.25. The number of carboxylic acids is 1. The third-order valence-electron chi connectivity index (χ3n) is 4.05. The van der Waals surface area contributed by atoms with Gasteiger partial charge in [-0.15, -0.1) is 0 Å². The van der Waals surface area contributed by atoms with Gasteiger partial charge >= 0.3 is 5.97 Å². The number of rotatable bonds is 3. The molecule has 1 aromatic heterocycles. The van der Waals surface area contributed by atoms with Gasteiger partial charge in [-0.05, 0) is 31.0 Å². The van der Waals surface area contributed by atoms with Crippen LogP contribution in [0, 0.1) is 0 Å². The first-order chi connectivity index (χ1) is 11.0. The zero-order valence-corrected chi connectivity index (χ0v) is 13.9. The van der Waals surface area contributed by atoms with Gasteiger partial charge in [0.15, 0.2) is 0 Å². The van der Waals surface area contributed by atoms with Gasteiger partial charge in [0.05, 0.1) is 17.8 Å². The van der Waals surface area contributed by atoms with Crippen LogP contribution in [-0.4, -0.2) is 44.8 Å². The minimum Gasteiger partial charge on any atom is -0.478 e. The molecular formula is C16H16BrN3O3. The average molecular weight is 378 g/mol. The Hall–Kier alpha value is -2.15. The van der Waals surface area contributed by atoms with E-state index in [4.69, 9.17) is 5.11 Å². The Morgan fingerprint density at radius 3 is 2.57 bits per heavy atom. The standard InChI is InChI=1S/C16H16BrN3O3/c17-13-3-1-2-11(8-13)15(21)19-6-4-14(5-7-19)20-10-12(9-18-20)16(22)23/h1-3,8-10,14H,4-7H2,(H,22,23). The number of carbonyl (C=O) groups is 2. The fourth-order valence-corrected chi connectivity index (χ4v) is 3.18. The number of piperidine rings is 1. The number of likely N-dealkylation sites (tertiary alicyclic amines) is 1. The smallest absolute Gasteiger partial charge is 0.338 e. The lowest BCUT2D eigenvalue weighted by molar-refractivity contribution is 0.0688. The van der Waals surface area contributed by atoms with E-state index in [0.717, 1.165) is 17.3 Å². The first-order valence-electron chi connectivity index (χ1n) is 7.37. The summed E-state index contributed by atoms with van der Waals surface area (Å²) in [6.45, 7) is 1.27. The number of carboxylic acid groups (broad SMARTS) is 1. The van der Waals surface area contributed by atoms with Crippen molar-refractivity contribution in [2.24, 2.45) is 0 Å². The molecule has 0 unspecified atom stereocenters. The van der Waals surface area contributed by atoms with Crippen LogP contribution in [0.15, 0.2) is 41.1 Å². The van der Waals surface area contributed by atoms with E-state index in [-0.39, 0.29) is 17.5 Å². The zero-order chi connectivity index (χ0) is 16.4. The normalized spacial score (nSPS) is 15.6. The molecule has 6 nitrogen and oxygen atoms in total. The average Bonchev–Trinajstić information content (AvgIpc) is 3.04. The van der Waals surface area contributed by atoms with Crippen molar-refractivity contribution < 1.29 is 14.7 Å². The third-order valence-corrected chi connectivity index (χ3v) is 4.54. The first kappa shape index (κ1) is 15.7. The predicted octanol–water partition coefficient (Wildman–Crippen LogP) is 2.82. The second kappa shape index (κ2) is 6.54. The minimum atomic E-state index is -0.974. The van der Waals surface area contributed by atoms with Crippen LogP contribution in [0.5, 0.6) is 0 Å². The van der Waals surface area contributed by atoms with Crippen LogP contribution < -0.4 is 0 Å². The fourth-order valence-electron chi connectivity index (χ4n) is 2.79. The molecule has 2 aromatic rings. The highest BCUT2D eigenvalue weighted by atomic mass is 79.9. The van der Waals surface area contributed by atoms with Gasteiger partial charge in [0, 0.05) is 29.3 Å². The summed E-state index contributed by atoms with van der Waals surface area (Å²) in [6, 6.07) is 7.50. The first-order valence-corrected chi connectivity index (χ1v) is 8.16. The van der Waals surface area contributed by atoms with Crippen LogP contribution >= 0.6 is 15.9 Å². The van der Waals surface area contributed by atoms with E-state index >= 15 is 0 Å². The molecule has 1 aromatic carbocycles. The number of aromatic carboxylic acids is 1. The van der Waals surface area contributed by atoms with Gasteiger partial charge in [-0.1, -0.05) is 22.0 Å². The lowest BCUT2D eigenvalue weighted by Gasteiger charge is -2.32. The van der Waals surface area contributed by atoms with Crippen LogP contribution in [0.4, 0.5) is 0 Å². The highest BCUT2D eigenvalue weighted by molar-refractivity contribution is 9.10. The van der Waals surface area contributed by atoms with Crippen molar-refractivity contribution >= 4 is 27.8 Å². The largest absolute Gasteiger partial charge is 0.478 e. The Morgan fingerprint density at radius 1 is 1.22 bits per heavy atom. The number of hydrogen-bond acceptors (Lipinski definition) is 3. The molecule has 0 saturated carbocycles. The van der Waals surface area contributed by atoms with Crippen molar-refractivity contribution in [3.63, 3.8) is 0 Å². The van der Waals surface area contributed by atoms with Gasteiger partial charge in [-0.25, -0.2) is 4.79 Å². The maximum Gasteiger partial charge on any atom is 0.338 e. The maximum atomic E-state index is 12.5. The number of amides is 1. The molecule has 1 aliphatic heterocycles. The monoisotopic (exact) mass is 377 g/mol. The lowest BCUT2D eigenvalue weighted by Crippen LogP contribution is -2.39. The van der Waals surface area contributed by atoms with Crippen molar-refractivity contribution in [3.8, 4) is 0 Å². The molecule has 120 valence electrons. The summed E-state index contributed by atoms with van der Waals surface area (Å²) in [5.41, 5.74) is 0.864. The van der Waals surface area contributed by atoms with E-state index in [2.05, 4.69) is 21.0 Å². The lowest BCUT2D eigenvalue weighted by atomic mass is 10.0. The summed E-state index contributed by atoms with van der Waals surface area (Å²) in [5.74, 6) is -0.949. The Bertz CT molecular complexity index is 736. The van der Waals surface area contributed by atoms with Gasteiger partial charge in [0.25, 0.3) is 5.91 Å². The van der Waals surface area contributed by atoms with Gasteiger partial charge in [-0.2, -0.15) is 5.10 Å². The molecule has 7 heteroatoms. The van der Waals surface area contributed by atoms with E-state index in [1.165, 1.54) is 6.20 Å². The molecule has 23 heavy (non-hydrogen) atoms. The van der Waals surface area contributed by atoms with Crippen molar-refractivity contribution in [2.75, 3.05) is 13.1 Å². The molecule has 1 fully saturated rings. The van der Waals surface area contributed by atoms with E-state index in [1.807, 2.05) is 29.2 Å². The molecule has 1 N–H and O–H groups in total. The predicted molar refractivity (Wildman–Crippen MR) is 87.5 cm³/mol. The second-order valence-electron chi connectivity index (χ2n) is 5.55. The number of carbonyl (C=O) groups excluding carboxylic acids is 1. The molecule has 1 amide bonds. The molecule has 0 aliphatic carbocycles. The van der Waals surface area contributed by atoms with Gasteiger partial charge in [-0.3, -0.25) is 9.48 Å². The number of nitrogens with zero attached hydrogens (tertiary/aromatic N) is 3. The summed E-state index contributed by atoms with van der Waals surface area (Å²) in [6.07, 6.45) is 4.45. The Balaban J connectivity index is 1.63. The van der Waals surface area contributed by atoms with E-state index in [1.54, 1.807) is 10.9 Å². The minimum absolute atomic E-state index is 0.0245. The highest BCUT2D eigenvalue weighted by Crippen LogP contribution is 2.24. The SMILES string of the molecule is O=C(O)c1cnn(C2CCN(C(=O)c3cccc(Br)c3)CC2)c1. The van der Waals surface area contributed by atoms with Gasteiger partial charge < -0.3 is 10.0 Å². The molecule has 0 bridgehead atoms. The van der Waals surface area contributed by atoms with Gasteiger partial charge in [0.2, 0.25) is 0 Å². The van der Waals surface area contributed by atoms with Crippen LogP contribution in [-0.2, 0) is 0 Å². The quantitative estimate of drug-likeness (QED) is 0.891. The summed E-state index contributed by atoms with van der Waals surface area (Å²) in [7, 11) is 0. The van der Waals surface area contributed by atoms with Gasteiger partial charge in [0.1, 0.15) is 0 Å². The zero-order valence-electron chi connectivity index (χ0n) is 12.4. The molecular weight excluding hydrogens is 362 g/mol. The molecule has 3 rings (SSSR count). The van der Waals surface area contributed by atoms with Crippen molar-refractivity contribution in [1.29, 1.82) is 0 Å². The number of benzene rings is 1. The summed E-state index contributed by atoms with van der Waals surface area (Å²) in [5, 5.41) is 13.1. The second-order valence-corrected chi connectivity index (χ2v) is 6.46. The molecule has 0 spiro atoms. The molecule has 0 atom stereocenters. The van der Waals surface area contributed by atoms with E-state index in [9.17, 15) is 9.59 Å². The number of hydrogen-bond donors (Lipinski definition) is 1. The van der Waals surface area contributed by atoms with Crippen LogP contribution in [0.1, 0.15) is 39.6 Å². The summed E-state index contributed by atoms with van der Waals surface area (Å²) >= 11 is 3.38. The van der Waals surface area contributed by atoms with E-state index in [0.29, 0.717) is 18.7 Å². The number of aromatic nitrogens is 2.